The van der Waals surface area contributed by atoms with Crippen molar-refractivity contribution in [3.63, 3.8) is 0 Å². The molecule has 1 amide bonds. The first-order valence-electron chi connectivity index (χ1n) is 6.72. The third kappa shape index (κ3) is 3.01. The monoisotopic (exact) mass is 273 g/mol. The third-order valence-electron chi connectivity index (χ3n) is 3.18. The Hall–Kier alpha value is -2.24. The minimum Gasteiger partial charge on any atom is -0.350 e. The van der Waals surface area contributed by atoms with Crippen molar-refractivity contribution in [2.24, 2.45) is 0 Å². The van der Waals surface area contributed by atoms with Gasteiger partial charge in [0.2, 0.25) is 0 Å². The fourth-order valence-electron chi connectivity index (χ4n) is 2.00. The summed E-state index contributed by atoms with van der Waals surface area (Å²) >= 11 is 0. The zero-order valence-electron chi connectivity index (χ0n) is 12.0. The lowest BCUT2D eigenvalue weighted by molar-refractivity contribution is 0.0940. The van der Waals surface area contributed by atoms with Crippen LogP contribution in [0.5, 0.6) is 0 Å². The number of rotatable bonds is 5. The van der Waals surface area contributed by atoms with Crippen LogP contribution in [0.2, 0.25) is 0 Å². The van der Waals surface area contributed by atoms with E-state index < -0.39 is 0 Å². The van der Waals surface area contributed by atoms with Crippen LogP contribution in [0.4, 0.5) is 0 Å². The molecule has 0 aromatic carbocycles. The Kier molecular flexibility index (Phi) is 4.45. The molecule has 6 nitrogen and oxygen atoms in total. The number of nitrogens with one attached hydrogen (secondary N) is 1. The SMILES string of the molecule is CCn1nnc(C)c1C(=O)NCC(C)c1ccccn1. The van der Waals surface area contributed by atoms with Crippen molar-refractivity contribution in [1.82, 2.24) is 25.3 Å². The predicted molar refractivity (Wildman–Crippen MR) is 75.4 cm³/mol. The lowest BCUT2D eigenvalue weighted by Gasteiger charge is -2.12. The zero-order chi connectivity index (χ0) is 14.5. The van der Waals surface area contributed by atoms with E-state index in [1.54, 1.807) is 17.8 Å². The Morgan fingerprint density at radius 3 is 2.90 bits per heavy atom. The van der Waals surface area contributed by atoms with E-state index in [0.717, 1.165) is 5.69 Å². The summed E-state index contributed by atoms with van der Waals surface area (Å²) < 4.78 is 1.61. The third-order valence-corrected chi connectivity index (χ3v) is 3.18. The highest BCUT2D eigenvalue weighted by Crippen LogP contribution is 2.11. The van der Waals surface area contributed by atoms with Crippen LogP contribution in [0.15, 0.2) is 24.4 Å². The molecule has 2 heterocycles. The second kappa shape index (κ2) is 6.27. The molecule has 0 aliphatic heterocycles. The molecule has 1 N–H and O–H groups in total. The summed E-state index contributed by atoms with van der Waals surface area (Å²) in [5, 5.41) is 10.8. The van der Waals surface area contributed by atoms with Crippen molar-refractivity contribution in [3.05, 3.63) is 41.5 Å². The molecule has 2 aromatic rings. The Labute approximate surface area is 118 Å². The maximum absolute atomic E-state index is 12.2. The maximum Gasteiger partial charge on any atom is 0.271 e. The first-order chi connectivity index (χ1) is 9.63. The van der Waals surface area contributed by atoms with E-state index in [4.69, 9.17) is 0 Å². The lowest BCUT2D eigenvalue weighted by Crippen LogP contribution is -2.30. The number of aromatic nitrogens is 4. The molecule has 2 aromatic heterocycles. The summed E-state index contributed by atoms with van der Waals surface area (Å²) in [5.74, 6) is 0.0172. The largest absolute Gasteiger partial charge is 0.350 e. The fourth-order valence-corrected chi connectivity index (χ4v) is 2.00. The average molecular weight is 273 g/mol. The number of hydrogen-bond acceptors (Lipinski definition) is 4. The highest BCUT2D eigenvalue weighted by Gasteiger charge is 2.17. The van der Waals surface area contributed by atoms with E-state index in [1.165, 1.54) is 0 Å². The Morgan fingerprint density at radius 1 is 1.45 bits per heavy atom. The van der Waals surface area contributed by atoms with Gasteiger partial charge < -0.3 is 5.32 Å². The second-order valence-electron chi connectivity index (χ2n) is 4.70. The molecule has 20 heavy (non-hydrogen) atoms. The minimum atomic E-state index is -0.142. The molecule has 0 aliphatic carbocycles. The standard InChI is InChI=1S/C14H19N5O/c1-4-19-13(11(3)17-18-19)14(20)16-9-10(2)12-7-5-6-8-15-12/h5-8,10H,4,9H2,1-3H3,(H,16,20). The van der Waals surface area contributed by atoms with Crippen molar-refractivity contribution in [1.29, 1.82) is 0 Å². The van der Waals surface area contributed by atoms with E-state index in [2.05, 4.69) is 20.6 Å². The second-order valence-corrected chi connectivity index (χ2v) is 4.70. The van der Waals surface area contributed by atoms with Gasteiger partial charge in [0, 0.05) is 30.9 Å². The van der Waals surface area contributed by atoms with Crippen molar-refractivity contribution in [2.45, 2.75) is 33.2 Å². The van der Waals surface area contributed by atoms with Crippen LogP contribution in [-0.4, -0.2) is 32.4 Å². The predicted octanol–water partition coefficient (Wildman–Crippen LogP) is 1.53. The van der Waals surface area contributed by atoms with Crippen LogP contribution in [-0.2, 0) is 6.54 Å². The van der Waals surface area contributed by atoms with Gasteiger partial charge in [-0.05, 0) is 26.0 Å². The van der Waals surface area contributed by atoms with Crippen LogP contribution in [0.1, 0.15) is 41.6 Å². The van der Waals surface area contributed by atoms with Gasteiger partial charge in [-0.15, -0.1) is 5.10 Å². The molecule has 0 bridgehead atoms. The van der Waals surface area contributed by atoms with Gasteiger partial charge in [-0.25, -0.2) is 4.68 Å². The van der Waals surface area contributed by atoms with Crippen molar-refractivity contribution in [2.75, 3.05) is 6.54 Å². The van der Waals surface area contributed by atoms with E-state index in [1.807, 2.05) is 32.0 Å². The molecule has 0 spiro atoms. The highest BCUT2D eigenvalue weighted by molar-refractivity contribution is 5.93. The van der Waals surface area contributed by atoms with Crippen molar-refractivity contribution >= 4 is 5.91 Å². The fraction of sp³-hybridized carbons (Fsp3) is 0.429. The number of carbonyl (C=O) groups excluding carboxylic acids is 1. The summed E-state index contributed by atoms with van der Waals surface area (Å²) in [7, 11) is 0. The maximum atomic E-state index is 12.2. The summed E-state index contributed by atoms with van der Waals surface area (Å²) in [6.45, 7) is 6.91. The molecule has 106 valence electrons. The smallest absolute Gasteiger partial charge is 0.271 e. The lowest BCUT2D eigenvalue weighted by atomic mass is 10.1. The number of aryl methyl sites for hydroxylation is 2. The molecular formula is C14H19N5O. The van der Waals surface area contributed by atoms with Crippen LogP contribution < -0.4 is 5.32 Å². The van der Waals surface area contributed by atoms with Gasteiger partial charge in [0.15, 0.2) is 0 Å². The minimum absolute atomic E-state index is 0.142. The summed E-state index contributed by atoms with van der Waals surface area (Å²) in [6, 6.07) is 5.78. The van der Waals surface area contributed by atoms with Gasteiger partial charge in [0.05, 0.1) is 5.69 Å². The summed E-state index contributed by atoms with van der Waals surface area (Å²) in [6.07, 6.45) is 1.76. The van der Waals surface area contributed by atoms with Crippen molar-refractivity contribution < 1.29 is 4.79 Å². The van der Waals surface area contributed by atoms with Crippen molar-refractivity contribution in [3.8, 4) is 0 Å². The molecule has 0 saturated carbocycles. The summed E-state index contributed by atoms with van der Waals surface area (Å²) in [4.78, 5) is 16.5. The molecule has 2 rings (SSSR count). The summed E-state index contributed by atoms with van der Waals surface area (Å²) in [5.41, 5.74) is 2.14. The van der Waals surface area contributed by atoms with Gasteiger partial charge in [0.1, 0.15) is 5.69 Å². The Balaban J connectivity index is 2.00. The molecular weight excluding hydrogens is 254 g/mol. The van der Waals surface area contributed by atoms with Gasteiger partial charge in [-0.2, -0.15) is 0 Å². The van der Waals surface area contributed by atoms with Crippen LogP contribution in [0.25, 0.3) is 0 Å². The first-order valence-corrected chi connectivity index (χ1v) is 6.72. The zero-order valence-corrected chi connectivity index (χ0v) is 12.0. The molecule has 0 saturated heterocycles. The van der Waals surface area contributed by atoms with E-state index >= 15 is 0 Å². The van der Waals surface area contributed by atoms with E-state index in [-0.39, 0.29) is 11.8 Å². The van der Waals surface area contributed by atoms with E-state index in [9.17, 15) is 4.79 Å². The van der Waals surface area contributed by atoms with Crippen LogP contribution in [0, 0.1) is 6.92 Å². The number of nitrogens with zero attached hydrogens (tertiary/aromatic N) is 4. The van der Waals surface area contributed by atoms with Gasteiger partial charge in [-0.3, -0.25) is 9.78 Å². The van der Waals surface area contributed by atoms with E-state index in [0.29, 0.717) is 24.5 Å². The average Bonchev–Trinajstić information content (AvgIpc) is 2.86. The van der Waals surface area contributed by atoms with Crippen LogP contribution in [0.3, 0.4) is 0 Å². The van der Waals surface area contributed by atoms with Gasteiger partial charge >= 0.3 is 0 Å². The van der Waals surface area contributed by atoms with Gasteiger partial charge in [-0.1, -0.05) is 18.2 Å². The topological polar surface area (TPSA) is 72.7 Å². The van der Waals surface area contributed by atoms with Gasteiger partial charge in [0.25, 0.3) is 5.91 Å². The Morgan fingerprint density at radius 2 is 2.25 bits per heavy atom. The molecule has 0 radical (unpaired) electrons. The highest BCUT2D eigenvalue weighted by atomic mass is 16.2. The number of pyridine rings is 1. The molecule has 0 fully saturated rings. The van der Waals surface area contributed by atoms with Crippen LogP contribution >= 0.6 is 0 Å². The number of carbonyl (C=O) groups is 1. The molecule has 6 heteroatoms. The number of amides is 1. The first kappa shape index (κ1) is 14.2. The number of hydrogen-bond donors (Lipinski definition) is 1. The normalized spacial score (nSPS) is 12.2. The Bertz CT molecular complexity index is 579. The molecule has 1 unspecified atom stereocenters. The quantitative estimate of drug-likeness (QED) is 0.896. The molecule has 1 atom stereocenters. The molecule has 0 aliphatic rings.